The summed E-state index contributed by atoms with van der Waals surface area (Å²) in [6.07, 6.45) is -2.73. The number of alkyl halides is 3. The molecule has 2 aliphatic heterocycles. The molecular weight excluding hydrogens is 467 g/mol. The Bertz CT molecular complexity index is 1160. The van der Waals surface area contributed by atoms with Crippen LogP contribution in [0.15, 0.2) is 52.3 Å². The first-order chi connectivity index (χ1) is 15.0. The van der Waals surface area contributed by atoms with Crippen LogP contribution in [0.2, 0.25) is 0 Å². The van der Waals surface area contributed by atoms with Crippen LogP contribution in [-0.2, 0) is 25.8 Å². The quantitative estimate of drug-likeness (QED) is 0.646. The number of carbonyl (C=O) groups excluding carboxylic acids is 2. The monoisotopic (exact) mass is 485 g/mol. The van der Waals surface area contributed by atoms with Crippen LogP contribution in [0.1, 0.15) is 18.4 Å². The van der Waals surface area contributed by atoms with Gasteiger partial charge in [0.05, 0.1) is 16.1 Å². The second kappa shape index (κ2) is 8.32. The second-order valence-electron chi connectivity index (χ2n) is 7.36. The molecule has 2 aromatic rings. The number of amides is 2. The molecule has 1 atom stereocenters. The molecule has 32 heavy (non-hydrogen) atoms. The number of nitrogens with zero attached hydrogens (tertiary/aromatic N) is 1. The van der Waals surface area contributed by atoms with Crippen molar-refractivity contribution in [1.29, 1.82) is 0 Å². The molecule has 2 aromatic carbocycles. The molecule has 0 spiro atoms. The summed E-state index contributed by atoms with van der Waals surface area (Å²) in [6.45, 7) is 1.23. The van der Waals surface area contributed by atoms with Gasteiger partial charge in [0.1, 0.15) is 0 Å². The molecule has 170 valence electrons. The number of thioether (sulfide) groups is 1. The Morgan fingerprint density at radius 2 is 1.75 bits per heavy atom. The zero-order valence-electron chi connectivity index (χ0n) is 16.5. The lowest BCUT2D eigenvalue weighted by Gasteiger charge is -2.27. The fourth-order valence-corrected chi connectivity index (χ4v) is 5.60. The highest BCUT2D eigenvalue weighted by Gasteiger charge is 2.37. The van der Waals surface area contributed by atoms with E-state index in [1.165, 1.54) is 18.2 Å². The summed E-state index contributed by atoms with van der Waals surface area (Å²) in [5, 5.41) is 1.65. The van der Waals surface area contributed by atoms with Gasteiger partial charge in [-0.05, 0) is 55.3 Å². The van der Waals surface area contributed by atoms with Crippen molar-refractivity contribution in [2.45, 2.75) is 34.1 Å². The number of sulfonamides is 1. The molecule has 1 fully saturated rings. The van der Waals surface area contributed by atoms with E-state index in [-0.39, 0.29) is 22.2 Å². The van der Waals surface area contributed by atoms with Crippen molar-refractivity contribution >= 4 is 45.0 Å². The van der Waals surface area contributed by atoms with Crippen molar-refractivity contribution in [3.8, 4) is 0 Å². The standard InChI is InChI=1S/C20H18F3N3O4S2/c21-20(22,23)12-3-5-13(6-4-12)25-32(29,30)14-7-8-16-15(11-14)24-18(27)17(31-16)19(28)26-9-1-2-10-26/h3-8,11,17,25H,1-2,9-10H2,(H,24,27)/t17-/m0/s1. The molecule has 0 saturated carbocycles. The lowest BCUT2D eigenvalue weighted by atomic mass is 10.2. The van der Waals surface area contributed by atoms with Crippen molar-refractivity contribution < 1.29 is 31.2 Å². The number of benzene rings is 2. The average Bonchev–Trinajstić information content (AvgIpc) is 3.26. The number of halogens is 3. The van der Waals surface area contributed by atoms with Crippen molar-refractivity contribution in [3.05, 3.63) is 48.0 Å². The maximum Gasteiger partial charge on any atom is 0.416 e. The van der Waals surface area contributed by atoms with Gasteiger partial charge in [-0.3, -0.25) is 14.3 Å². The zero-order chi connectivity index (χ0) is 23.1. The normalized spacial score (nSPS) is 18.8. The minimum Gasteiger partial charge on any atom is -0.341 e. The Hall–Kier alpha value is -2.73. The molecule has 0 bridgehead atoms. The number of anilines is 2. The van der Waals surface area contributed by atoms with Crippen LogP contribution in [0.5, 0.6) is 0 Å². The van der Waals surface area contributed by atoms with E-state index in [1.807, 2.05) is 0 Å². The summed E-state index contributed by atoms with van der Waals surface area (Å²) in [4.78, 5) is 27.1. The summed E-state index contributed by atoms with van der Waals surface area (Å²) < 4.78 is 65.6. The number of hydrogen-bond acceptors (Lipinski definition) is 5. The summed E-state index contributed by atoms with van der Waals surface area (Å²) in [6, 6.07) is 7.65. The van der Waals surface area contributed by atoms with Gasteiger partial charge >= 0.3 is 6.18 Å². The first-order valence-corrected chi connectivity index (χ1v) is 12.0. The maximum atomic E-state index is 12.7. The molecule has 0 radical (unpaired) electrons. The second-order valence-corrected chi connectivity index (χ2v) is 10.2. The van der Waals surface area contributed by atoms with Gasteiger partial charge in [-0.1, -0.05) is 0 Å². The van der Waals surface area contributed by atoms with Gasteiger partial charge in [-0.25, -0.2) is 8.42 Å². The highest BCUT2D eigenvalue weighted by molar-refractivity contribution is 8.01. The van der Waals surface area contributed by atoms with Gasteiger partial charge in [-0.15, -0.1) is 11.8 Å². The molecule has 4 rings (SSSR count). The third-order valence-corrected chi connectivity index (χ3v) is 7.75. The van der Waals surface area contributed by atoms with Gasteiger partial charge in [0.25, 0.3) is 10.0 Å². The Labute approximate surface area is 186 Å². The minimum absolute atomic E-state index is 0.0367. The number of nitrogens with one attached hydrogen (secondary N) is 2. The number of fused-ring (bicyclic) bond motifs is 1. The Balaban J connectivity index is 1.52. The first kappa shape index (κ1) is 22.5. The van der Waals surface area contributed by atoms with Crippen LogP contribution < -0.4 is 10.0 Å². The van der Waals surface area contributed by atoms with Crippen LogP contribution in [0, 0.1) is 0 Å². The lowest BCUT2D eigenvalue weighted by Crippen LogP contribution is -2.43. The predicted molar refractivity (Wildman–Crippen MR) is 113 cm³/mol. The highest BCUT2D eigenvalue weighted by atomic mass is 32.2. The zero-order valence-corrected chi connectivity index (χ0v) is 18.1. The molecule has 0 aliphatic carbocycles. The Morgan fingerprint density at radius 1 is 1.09 bits per heavy atom. The highest BCUT2D eigenvalue weighted by Crippen LogP contribution is 2.38. The summed E-state index contributed by atoms with van der Waals surface area (Å²) in [5.74, 6) is -0.791. The van der Waals surface area contributed by atoms with Crippen LogP contribution in [0.3, 0.4) is 0 Å². The van der Waals surface area contributed by atoms with Gasteiger partial charge in [0.2, 0.25) is 11.8 Å². The van der Waals surface area contributed by atoms with E-state index in [9.17, 15) is 31.2 Å². The van der Waals surface area contributed by atoms with E-state index in [2.05, 4.69) is 10.0 Å². The SMILES string of the molecule is O=C1Nc2cc(S(=O)(=O)Nc3ccc(C(F)(F)F)cc3)ccc2S[C@@H]1C(=O)N1CCCC1. The summed E-state index contributed by atoms with van der Waals surface area (Å²) in [7, 11) is -4.12. The predicted octanol–water partition coefficient (Wildman–Crippen LogP) is 3.54. The van der Waals surface area contributed by atoms with Crippen molar-refractivity contribution in [3.63, 3.8) is 0 Å². The number of carbonyl (C=O) groups is 2. The van der Waals surface area contributed by atoms with E-state index in [0.29, 0.717) is 18.0 Å². The van der Waals surface area contributed by atoms with Crippen molar-refractivity contribution in [2.24, 2.45) is 0 Å². The van der Waals surface area contributed by atoms with Crippen molar-refractivity contribution in [2.75, 3.05) is 23.1 Å². The molecule has 1 saturated heterocycles. The fraction of sp³-hybridized carbons (Fsp3) is 0.300. The summed E-state index contributed by atoms with van der Waals surface area (Å²) in [5.41, 5.74) is -0.682. The molecule has 7 nitrogen and oxygen atoms in total. The van der Waals surface area contributed by atoms with Crippen molar-refractivity contribution in [1.82, 2.24) is 4.90 Å². The Morgan fingerprint density at radius 3 is 2.38 bits per heavy atom. The molecule has 2 aliphatic rings. The maximum absolute atomic E-state index is 12.7. The third kappa shape index (κ3) is 4.56. The van der Waals surface area contributed by atoms with Gasteiger partial charge in [-0.2, -0.15) is 13.2 Å². The van der Waals surface area contributed by atoms with E-state index in [4.69, 9.17) is 0 Å². The molecule has 12 heteroatoms. The summed E-state index contributed by atoms with van der Waals surface area (Å²) >= 11 is 1.06. The number of hydrogen-bond donors (Lipinski definition) is 2. The smallest absolute Gasteiger partial charge is 0.341 e. The molecule has 2 N–H and O–H groups in total. The first-order valence-electron chi connectivity index (χ1n) is 9.65. The van der Waals surface area contributed by atoms with Crippen LogP contribution in [-0.4, -0.2) is 43.5 Å². The van der Waals surface area contributed by atoms with Crippen LogP contribution in [0.4, 0.5) is 24.5 Å². The number of rotatable bonds is 4. The topological polar surface area (TPSA) is 95.6 Å². The van der Waals surface area contributed by atoms with Gasteiger partial charge < -0.3 is 10.2 Å². The fourth-order valence-electron chi connectivity index (χ4n) is 3.46. The third-order valence-electron chi connectivity index (χ3n) is 5.11. The average molecular weight is 486 g/mol. The van der Waals surface area contributed by atoms with Crippen LogP contribution in [0.25, 0.3) is 0 Å². The molecule has 0 unspecified atom stereocenters. The molecule has 2 heterocycles. The lowest BCUT2D eigenvalue weighted by molar-refractivity contribution is -0.137. The minimum atomic E-state index is -4.53. The van der Waals surface area contributed by atoms with E-state index < -0.39 is 32.9 Å². The van der Waals surface area contributed by atoms with E-state index in [1.54, 1.807) is 4.90 Å². The Kier molecular flexibility index (Phi) is 5.84. The van der Waals surface area contributed by atoms with E-state index >= 15 is 0 Å². The number of likely N-dealkylation sites (tertiary alicyclic amines) is 1. The van der Waals surface area contributed by atoms with Gasteiger partial charge in [0.15, 0.2) is 5.25 Å². The van der Waals surface area contributed by atoms with E-state index in [0.717, 1.165) is 48.9 Å². The van der Waals surface area contributed by atoms with Gasteiger partial charge in [0, 0.05) is 23.7 Å². The molecular formula is C20H18F3N3O4S2. The van der Waals surface area contributed by atoms with Crippen LogP contribution >= 0.6 is 11.8 Å². The molecule has 2 amide bonds. The molecule has 0 aromatic heterocycles. The largest absolute Gasteiger partial charge is 0.416 e.